The number of nitrogens with one attached hydrogen (secondary N) is 1. The second-order valence-corrected chi connectivity index (χ2v) is 5.11. The van der Waals surface area contributed by atoms with Crippen molar-refractivity contribution in [2.24, 2.45) is 0 Å². The van der Waals surface area contributed by atoms with Crippen LogP contribution in [0.25, 0.3) is 0 Å². The molecule has 1 heterocycles. The SMILES string of the molecule is CCC1=C(C)NC(C)=C(C)C1OCc1ccccc1. The molecule has 1 atom stereocenters. The Morgan fingerprint density at radius 2 is 1.74 bits per heavy atom. The van der Waals surface area contributed by atoms with Crippen molar-refractivity contribution >= 4 is 0 Å². The van der Waals surface area contributed by atoms with Gasteiger partial charge in [-0.05, 0) is 43.9 Å². The first-order valence-electron chi connectivity index (χ1n) is 6.93. The van der Waals surface area contributed by atoms with E-state index in [0.717, 1.165) is 6.42 Å². The van der Waals surface area contributed by atoms with Crippen molar-refractivity contribution in [3.8, 4) is 0 Å². The maximum absolute atomic E-state index is 6.17. The van der Waals surface area contributed by atoms with E-state index < -0.39 is 0 Å². The first kappa shape index (κ1) is 13.9. The standard InChI is InChI=1S/C17H23NO/c1-5-16-14(4)18-13(3)12(2)17(16)19-11-15-9-7-6-8-10-15/h6-10,17-18H,5,11H2,1-4H3. The first-order valence-corrected chi connectivity index (χ1v) is 6.93. The Kier molecular flexibility index (Phi) is 4.43. The minimum Gasteiger partial charge on any atom is -0.365 e. The molecule has 0 radical (unpaired) electrons. The van der Waals surface area contributed by atoms with Crippen LogP contribution in [0.3, 0.4) is 0 Å². The molecule has 0 aromatic heterocycles. The Morgan fingerprint density at radius 3 is 2.37 bits per heavy atom. The fraction of sp³-hybridized carbons (Fsp3) is 0.412. The van der Waals surface area contributed by atoms with Crippen LogP contribution < -0.4 is 5.32 Å². The third-order valence-electron chi connectivity index (χ3n) is 3.80. The summed E-state index contributed by atoms with van der Waals surface area (Å²) in [5.41, 5.74) is 6.33. The average Bonchev–Trinajstić information content (AvgIpc) is 2.42. The highest BCUT2D eigenvalue weighted by molar-refractivity contribution is 5.35. The van der Waals surface area contributed by atoms with Crippen molar-refractivity contribution in [3.63, 3.8) is 0 Å². The number of allylic oxidation sites excluding steroid dienone is 2. The normalized spacial score (nSPS) is 19.7. The van der Waals surface area contributed by atoms with Crippen LogP contribution in [0.5, 0.6) is 0 Å². The fourth-order valence-corrected chi connectivity index (χ4v) is 2.54. The number of hydrogen-bond donors (Lipinski definition) is 1. The third-order valence-corrected chi connectivity index (χ3v) is 3.80. The van der Waals surface area contributed by atoms with E-state index in [-0.39, 0.29) is 6.10 Å². The lowest BCUT2D eigenvalue weighted by molar-refractivity contribution is 0.0819. The Bertz CT molecular complexity index is 499. The molecule has 2 heteroatoms. The van der Waals surface area contributed by atoms with Crippen LogP contribution >= 0.6 is 0 Å². The van der Waals surface area contributed by atoms with Crippen LogP contribution in [-0.2, 0) is 11.3 Å². The van der Waals surface area contributed by atoms with Crippen LogP contribution in [0.15, 0.2) is 52.9 Å². The van der Waals surface area contributed by atoms with Gasteiger partial charge in [-0.1, -0.05) is 37.3 Å². The summed E-state index contributed by atoms with van der Waals surface area (Å²) in [6, 6.07) is 10.4. The monoisotopic (exact) mass is 257 g/mol. The summed E-state index contributed by atoms with van der Waals surface area (Å²) in [4.78, 5) is 0. The predicted molar refractivity (Wildman–Crippen MR) is 79.5 cm³/mol. The van der Waals surface area contributed by atoms with Crippen molar-refractivity contribution in [1.82, 2.24) is 5.32 Å². The molecule has 1 aromatic rings. The molecule has 1 N–H and O–H groups in total. The molecule has 0 fully saturated rings. The van der Waals surface area contributed by atoms with Crippen LogP contribution in [0, 0.1) is 0 Å². The average molecular weight is 257 g/mol. The van der Waals surface area contributed by atoms with Gasteiger partial charge >= 0.3 is 0 Å². The van der Waals surface area contributed by atoms with Gasteiger partial charge < -0.3 is 10.1 Å². The van der Waals surface area contributed by atoms with E-state index in [1.54, 1.807) is 0 Å². The second kappa shape index (κ2) is 6.07. The van der Waals surface area contributed by atoms with Crippen molar-refractivity contribution in [1.29, 1.82) is 0 Å². The molecule has 1 unspecified atom stereocenters. The van der Waals surface area contributed by atoms with E-state index in [1.165, 1.54) is 28.1 Å². The number of dihydropyridines is 1. The molecule has 0 aliphatic carbocycles. The van der Waals surface area contributed by atoms with Crippen molar-refractivity contribution in [2.45, 2.75) is 46.8 Å². The lowest BCUT2D eigenvalue weighted by Gasteiger charge is -2.30. The van der Waals surface area contributed by atoms with E-state index in [4.69, 9.17) is 4.74 Å². The van der Waals surface area contributed by atoms with Crippen LogP contribution in [0.2, 0.25) is 0 Å². The van der Waals surface area contributed by atoms with Gasteiger partial charge in [-0.15, -0.1) is 0 Å². The van der Waals surface area contributed by atoms with Crippen molar-refractivity contribution < 1.29 is 4.74 Å². The third kappa shape index (κ3) is 3.07. The van der Waals surface area contributed by atoms with Crippen LogP contribution in [0.1, 0.15) is 39.7 Å². The zero-order valence-corrected chi connectivity index (χ0v) is 12.3. The Balaban J connectivity index is 2.14. The largest absolute Gasteiger partial charge is 0.365 e. The van der Waals surface area contributed by atoms with Gasteiger partial charge in [-0.2, -0.15) is 0 Å². The van der Waals surface area contributed by atoms with Crippen LogP contribution in [-0.4, -0.2) is 6.10 Å². The Labute approximate surface area is 116 Å². The maximum atomic E-state index is 6.17. The van der Waals surface area contributed by atoms with E-state index in [0.29, 0.717) is 6.61 Å². The molecule has 1 aliphatic rings. The molecule has 0 amide bonds. The molecular formula is C17H23NO. The van der Waals surface area contributed by atoms with Gasteiger partial charge in [0.15, 0.2) is 0 Å². The molecule has 1 aliphatic heterocycles. The minimum absolute atomic E-state index is 0.117. The molecule has 1 aromatic carbocycles. The van der Waals surface area contributed by atoms with Gasteiger partial charge in [0.05, 0.1) is 6.61 Å². The summed E-state index contributed by atoms with van der Waals surface area (Å²) in [6.07, 6.45) is 1.13. The molecule has 102 valence electrons. The summed E-state index contributed by atoms with van der Waals surface area (Å²) in [7, 11) is 0. The molecule has 19 heavy (non-hydrogen) atoms. The topological polar surface area (TPSA) is 21.3 Å². The van der Waals surface area contributed by atoms with Gasteiger partial charge in [0.25, 0.3) is 0 Å². The zero-order valence-electron chi connectivity index (χ0n) is 12.3. The smallest absolute Gasteiger partial charge is 0.104 e. The van der Waals surface area contributed by atoms with Gasteiger partial charge in [0.2, 0.25) is 0 Å². The number of hydrogen-bond acceptors (Lipinski definition) is 2. The van der Waals surface area contributed by atoms with E-state index in [1.807, 2.05) is 6.07 Å². The highest BCUT2D eigenvalue weighted by Gasteiger charge is 2.24. The van der Waals surface area contributed by atoms with E-state index >= 15 is 0 Å². The highest BCUT2D eigenvalue weighted by atomic mass is 16.5. The summed E-state index contributed by atoms with van der Waals surface area (Å²) < 4.78 is 6.17. The summed E-state index contributed by atoms with van der Waals surface area (Å²) in [6.45, 7) is 9.25. The van der Waals surface area contributed by atoms with Crippen molar-refractivity contribution in [3.05, 3.63) is 58.4 Å². The number of rotatable bonds is 4. The van der Waals surface area contributed by atoms with E-state index in [2.05, 4.69) is 57.3 Å². The van der Waals surface area contributed by atoms with Crippen LogP contribution in [0.4, 0.5) is 0 Å². The Hall–Kier alpha value is -1.54. The number of benzene rings is 1. The lowest BCUT2D eigenvalue weighted by Crippen LogP contribution is -2.29. The minimum atomic E-state index is 0.117. The fourth-order valence-electron chi connectivity index (χ4n) is 2.54. The molecular weight excluding hydrogens is 234 g/mol. The molecule has 0 bridgehead atoms. The molecule has 0 saturated heterocycles. The first-order chi connectivity index (χ1) is 9.13. The highest BCUT2D eigenvalue weighted by Crippen LogP contribution is 2.28. The molecule has 2 nitrogen and oxygen atoms in total. The lowest BCUT2D eigenvalue weighted by atomic mass is 9.94. The van der Waals surface area contributed by atoms with Gasteiger partial charge in [0, 0.05) is 11.4 Å². The Morgan fingerprint density at radius 1 is 1.05 bits per heavy atom. The maximum Gasteiger partial charge on any atom is 0.104 e. The van der Waals surface area contributed by atoms with Gasteiger partial charge in [-0.3, -0.25) is 0 Å². The van der Waals surface area contributed by atoms with Gasteiger partial charge in [-0.25, -0.2) is 0 Å². The summed E-state index contributed by atoms with van der Waals surface area (Å²) >= 11 is 0. The predicted octanol–water partition coefficient (Wildman–Crippen LogP) is 4.15. The zero-order chi connectivity index (χ0) is 13.8. The van der Waals surface area contributed by atoms with Gasteiger partial charge in [0.1, 0.15) is 6.10 Å². The summed E-state index contributed by atoms with van der Waals surface area (Å²) in [5, 5.41) is 3.44. The number of ether oxygens (including phenoxy) is 1. The molecule has 2 rings (SSSR count). The quantitative estimate of drug-likeness (QED) is 0.874. The molecule has 0 saturated carbocycles. The molecule has 0 spiro atoms. The van der Waals surface area contributed by atoms with E-state index in [9.17, 15) is 0 Å². The second-order valence-electron chi connectivity index (χ2n) is 5.11. The van der Waals surface area contributed by atoms with Crippen molar-refractivity contribution in [2.75, 3.05) is 0 Å². The summed E-state index contributed by atoms with van der Waals surface area (Å²) in [5.74, 6) is 0.